The Balaban J connectivity index is 1.71. The first-order valence-electron chi connectivity index (χ1n) is 10.0. The van der Waals surface area contributed by atoms with Crippen molar-refractivity contribution in [3.63, 3.8) is 0 Å². The molecule has 1 fully saturated rings. The number of amides is 1. The lowest BCUT2D eigenvalue weighted by molar-refractivity contribution is -0.119. The number of thiocarbonyl (C=S) groups is 1. The fraction of sp³-hybridized carbons (Fsp3) is 0.261. The number of hydrogen-bond donors (Lipinski definition) is 3. The second kappa shape index (κ2) is 8.87. The third kappa shape index (κ3) is 4.30. The molecule has 1 aromatic carbocycles. The summed E-state index contributed by atoms with van der Waals surface area (Å²) in [5, 5.41) is 6.95. The summed E-state index contributed by atoms with van der Waals surface area (Å²) in [6, 6.07) is 15.7. The number of aromatic amines is 1. The summed E-state index contributed by atoms with van der Waals surface area (Å²) in [4.78, 5) is 22.0. The van der Waals surface area contributed by atoms with Crippen LogP contribution in [0.4, 0.5) is 11.4 Å². The standard InChI is InChI=1S/C23H25N5O2S/c1-14-12-16(8-10-17(14)26-20(29)13-30-3)28-22(19-9-7-15(2)25-19)21(27-23(28)31)18-6-4-5-11-24-18/h4-12,21-22,25H,13H2,1-3H3,(H,26,29)(H,27,31)/t21-,22-/m0/s1. The average Bonchev–Trinajstić information content (AvgIpc) is 3.33. The van der Waals surface area contributed by atoms with Gasteiger partial charge in [-0.2, -0.15) is 0 Å². The maximum atomic E-state index is 11.9. The number of aromatic nitrogens is 2. The van der Waals surface area contributed by atoms with Gasteiger partial charge in [0.25, 0.3) is 0 Å². The van der Waals surface area contributed by atoms with E-state index in [-0.39, 0.29) is 24.6 Å². The van der Waals surface area contributed by atoms with Crippen LogP contribution in [0.5, 0.6) is 0 Å². The fourth-order valence-corrected chi connectivity index (χ4v) is 4.25. The zero-order valence-corrected chi connectivity index (χ0v) is 18.5. The molecule has 1 saturated heterocycles. The molecule has 7 nitrogen and oxygen atoms in total. The number of carbonyl (C=O) groups excluding carboxylic acids is 1. The number of ether oxygens (including phenoxy) is 1. The normalized spacial score (nSPS) is 18.2. The van der Waals surface area contributed by atoms with Gasteiger partial charge in [0.15, 0.2) is 5.11 Å². The first kappa shape index (κ1) is 21.0. The Morgan fingerprint density at radius 3 is 2.71 bits per heavy atom. The smallest absolute Gasteiger partial charge is 0.250 e. The van der Waals surface area contributed by atoms with E-state index in [0.29, 0.717) is 5.11 Å². The number of anilines is 2. The van der Waals surface area contributed by atoms with Gasteiger partial charge in [0.05, 0.1) is 11.7 Å². The molecule has 3 heterocycles. The average molecular weight is 436 g/mol. The summed E-state index contributed by atoms with van der Waals surface area (Å²) in [7, 11) is 1.50. The van der Waals surface area contributed by atoms with Crippen molar-refractivity contribution in [1.29, 1.82) is 0 Å². The Morgan fingerprint density at radius 2 is 2.06 bits per heavy atom. The SMILES string of the molecule is COCC(=O)Nc1ccc(N2C(=S)N[C@@H](c3ccccn3)[C@@H]2c2ccc(C)[nH]2)cc1C. The molecule has 160 valence electrons. The van der Waals surface area contributed by atoms with E-state index in [1.54, 1.807) is 6.20 Å². The van der Waals surface area contributed by atoms with Crippen LogP contribution in [0, 0.1) is 13.8 Å². The summed E-state index contributed by atoms with van der Waals surface area (Å²) in [5.41, 5.74) is 5.68. The lowest BCUT2D eigenvalue weighted by atomic mass is 10.0. The maximum Gasteiger partial charge on any atom is 0.250 e. The van der Waals surface area contributed by atoms with E-state index in [1.165, 1.54) is 7.11 Å². The summed E-state index contributed by atoms with van der Waals surface area (Å²) >= 11 is 5.75. The molecule has 0 unspecified atom stereocenters. The second-order valence-electron chi connectivity index (χ2n) is 7.57. The third-order valence-corrected chi connectivity index (χ3v) is 5.62. The molecule has 2 aromatic heterocycles. The number of methoxy groups -OCH3 is 1. The lowest BCUT2D eigenvalue weighted by Gasteiger charge is -2.27. The number of nitrogens with one attached hydrogen (secondary N) is 3. The minimum Gasteiger partial charge on any atom is -0.375 e. The van der Waals surface area contributed by atoms with Gasteiger partial charge in [-0.05, 0) is 74.1 Å². The van der Waals surface area contributed by atoms with Gasteiger partial charge in [-0.1, -0.05) is 6.07 Å². The summed E-state index contributed by atoms with van der Waals surface area (Å²) < 4.78 is 4.90. The van der Waals surface area contributed by atoms with Crippen LogP contribution in [0.15, 0.2) is 54.7 Å². The molecule has 0 aliphatic carbocycles. The molecule has 0 bridgehead atoms. The summed E-state index contributed by atoms with van der Waals surface area (Å²) in [5.74, 6) is -0.188. The molecular weight excluding hydrogens is 410 g/mol. The van der Waals surface area contributed by atoms with Crippen molar-refractivity contribution in [1.82, 2.24) is 15.3 Å². The number of rotatable bonds is 6. The van der Waals surface area contributed by atoms with Crippen LogP contribution in [0.1, 0.15) is 34.7 Å². The molecule has 1 aliphatic rings. The topological polar surface area (TPSA) is 82.3 Å². The van der Waals surface area contributed by atoms with Crippen LogP contribution < -0.4 is 15.5 Å². The molecule has 1 amide bonds. The van der Waals surface area contributed by atoms with E-state index in [0.717, 1.165) is 34.0 Å². The van der Waals surface area contributed by atoms with E-state index in [2.05, 4.69) is 37.6 Å². The van der Waals surface area contributed by atoms with Crippen LogP contribution >= 0.6 is 12.2 Å². The van der Waals surface area contributed by atoms with Crippen LogP contribution in [0.2, 0.25) is 0 Å². The highest BCUT2D eigenvalue weighted by Gasteiger charge is 2.41. The largest absolute Gasteiger partial charge is 0.375 e. The molecule has 8 heteroatoms. The number of aryl methyl sites for hydroxylation is 2. The van der Waals surface area contributed by atoms with Gasteiger partial charge >= 0.3 is 0 Å². The zero-order valence-electron chi connectivity index (χ0n) is 17.7. The number of hydrogen-bond acceptors (Lipinski definition) is 4. The molecule has 1 aliphatic heterocycles. The maximum absolute atomic E-state index is 11.9. The third-order valence-electron chi connectivity index (χ3n) is 5.31. The van der Waals surface area contributed by atoms with Crippen molar-refractivity contribution in [2.45, 2.75) is 25.9 Å². The van der Waals surface area contributed by atoms with Crippen molar-refractivity contribution < 1.29 is 9.53 Å². The molecule has 3 aromatic rings. The molecule has 0 saturated carbocycles. The van der Waals surface area contributed by atoms with E-state index in [1.807, 2.05) is 50.2 Å². The molecule has 3 N–H and O–H groups in total. The molecule has 0 spiro atoms. The lowest BCUT2D eigenvalue weighted by Crippen LogP contribution is -2.29. The van der Waals surface area contributed by atoms with Crippen molar-refractivity contribution in [3.05, 3.63) is 77.4 Å². The van der Waals surface area contributed by atoms with Gasteiger partial charge < -0.3 is 25.3 Å². The van der Waals surface area contributed by atoms with Gasteiger partial charge in [-0.3, -0.25) is 9.78 Å². The van der Waals surface area contributed by atoms with E-state index >= 15 is 0 Å². The van der Waals surface area contributed by atoms with Crippen LogP contribution in [-0.4, -0.2) is 34.7 Å². The predicted octanol–water partition coefficient (Wildman–Crippen LogP) is 3.79. The van der Waals surface area contributed by atoms with Crippen LogP contribution in [0.25, 0.3) is 0 Å². The highest BCUT2D eigenvalue weighted by atomic mass is 32.1. The van der Waals surface area contributed by atoms with Crippen molar-refractivity contribution >= 4 is 34.6 Å². The second-order valence-corrected chi connectivity index (χ2v) is 7.96. The molecule has 4 rings (SSSR count). The van der Waals surface area contributed by atoms with Crippen LogP contribution in [0.3, 0.4) is 0 Å². The number of H-pyrrole nitrogens is 1. The van der Waals surface area contributed by atoms with Crippen molar-refractivity contribution in [3.8, 4) is 0 Å². The van der Waals surface area contributed by atoms with Crippen LogP contribution in [-0.2, 0) is 9.53 Å². The fourth-order valence-electron chi connectivity index (χ4n) is 3.90. The Bertz CT molecular complexity index is 1100. The van der Waals surface area contributed by atoms with Gasteiger partial charge in [0.2, 0.25) is 5.91 Å². The van der Waals surface area contributed by atoms with Gasteiger partial charge in [0, 0.05) is 36.1 Å². The summed E-state index contributed by atoms with van der Waals surface area (Å²) in [6.07, 6.45) is 1.79. The number of pyridine rings is 1. The highest BCUT2D eigenvalue weighted by molar-refractivity contribution is 7.80. The van der Waals surface area contributed by atoms with Gasteiger partial charge in [-0.15, -0.1) is 0 Å². The Morgan fingerprint density at radius 1 is 1.23 bits per heavy atom. The minimum atomic E-state index is -0.188. The molecule has 0 radical (unpaired) electrons. The van der Waals surface area contributed by atoms with E-state index in [4.69, 9.17) is 17.0 Å². The quantitative estimate of drug-likeness (QED) is 0.511. The van der Waals surface area contributed by atoms with E-state index in [9.17, 15) is 4.79 Å². The summed E-state index contributed by atoms with van der Waals surface area (Å²) in [6.45, 7) is 4.01. The van der Waals surface area contributed by atoms with Gasteiger partial charge in [0.1, 0.15) is 12.6 Å². The predicted molar refractivity (Wildman–Crippen MR) is 125 cm³/mol. The molecular formula is C23H25N5O2S. The number of nitrogens with zero attached hydrogens (tertiary/aromatic N) is 2. The zero-order chi connectivity index (χ0) is 22.0. The number of benzene rings is 1. The first-order chi connectivity index (χ1) is 15.0. The van der Waals surface area contributed by atoms with Gasteiger partial charge in [-0.25, -0.2) is 0 Å². The minimum absolute atomic E-state index is 0.0152. The monoisotopic (exact) mass is 435 g/mol. The molecule has 2 atom stereocenters. The molecule has 31 heavy (non-hydrogen) atoms. The Kier molecular flexibility index (Phi) is 6.01. The Labute approximate surface area is 186 Å². The van der Waals surface area contributed by atoms with Crippen molar-refractivity contribution in [2.24, 2.45) is 0 Å². The Hall–Kier alpha value is -3.23. The highest BCUT2D eigenvalue weighted by Crippen LogP contribution is 2.41. The first-order valence-corrected chi connectivity index (χ1v) is 10.4. The van der Waals surface area contributed by atoms with E-state index < -0.39 is 0 Å². The number of carbonyl (C=O) groups is 1. The van der Waals surface area contributed by atoms with Crippen molar-refractivity contribution in [2.75, 3.05) is 23.9 Å².